The summed E-state index contributed by atoms with van der Waals surface area (Å²) in [7, 11) is 7.57. The van der Waals surface area contributed by atoms with Crippen molar-refractivity contribution in [3.8, 4) is 0 Å². The molecule has 0 bridgehead atoms. The number of nitrogens with zero attached hydrogens (tertiary/aromatic N) is 7. The molecule has 1 fully saturated rings. The molecule has 1 aliphatic rings. The predicted molar refractivity (Wildman–Crippen MR) is 98.4 cm³/mol. The van der Waals surface area contributed by atoms with Crippen LogP contribution in [0.2, 0.25) is 0 Å². The first kappa shape index (κ1) is 17.7. The van der Waals surface area contributed by atoms with Crippen molar-refractivity contribution in [1.29, 1.82) is 0 Å². The maximum atomic E-state index is 12.2. The lowest BCUT2D eigenvalue weighted by Gasteiger charge is -2.17. The zero-order valence-corrected chi connectivity index (χ0v) is 15.9. The van der Waals surface area contributed by atoms with E-state index in [9.17, 15) is 4.79 Å². The highest BCUT2D eigenvalue weighted by molar-refractivity contribution is 7.99. The van der Waals surface area contributed by atoms with E-state index >= 15 is 0 Å². The first-order valence-corrected chi connectivity index (χ1v) is 9.34. The molecule has 0 radical (unpaired) electrons. The van der Waals surface area contributed by atoms with E-state index in [2.05, 4.69) is 25.5 Å². The first-order valence-electron chi connectivity index (χ1n) is 8.35. The summed E-state index contributed by atoms with van der Waals surface area (Å²) >= 11 is 1.35. The molecule has 25 heavy (non-hydrogen) atoms. The van der Waals surface area contributed by atoms with Gasteiger partial charge in [0.25, 0.3) is 5.78 Å². The van der Waals surface area contributed by atoms with Gasteiger partial charge in [0.1, 0.15) is 0 Å². The van der Waals surface area contributed by atoms with Crippen LogP contribution in [0.4, 0.5) is 11.9 Å². The van der Waals surface area contributed by atoms with Crippen LogP contribution in [0.15, 0.2) is 5.16 Å². The van der Waals surface area contributed by atoms with Gasteiger partial charge >= 0.3 is 0 Å². The van der Waals surface area contributed by atoms with Crippen LogP contribution in [0, 0.1) is 0 Å². The molecule has 0 aliphatic heterocycles. The van der Waals surface area contributed by atoms with Crippen LogP contribution >= 0.6 is 11.8 Å². The van der Waals surface area contributed by atoms with Crippen LogP contribution < -0.4 is 15.1 Å². The first-order chi connectivity index (χ1) is 12.0. The van der Waals surface area contributed by atoms with Gasteiger partial charge in [0.2, 0.25) is 17.8 Å². The quantitative estimate of drug-likeness (QED) is 0.753. The number of aromatic nitrogens is 5. The van der Waals surface area contributed by atoms with Crippen molar-refractivity contribution in [3.63, 3.8) is 0 Å². The highest BCUT2D eigenvalue weighted by atomic mass is 32.2. The number of carbonyl (C=O) groups is 1. The number of carbonyl (C=O) groups excluding carboxylic acids is 1. The largest absolute Gasteiger partial charge is 0.353 e. The standard InChI is InChI=1S/C15H24N8OS/c1-21(2)12-17-13-19-20-15(23(13)14(18-12)22(3)4)25-9-11(24)16-10-7-5-6-8-10/h10H,5-9H2,1-4H3,(H,16,24). The summed E-state index contributed by atoms with van der Waals surface area (Å²) in [5.74, 6) is 2.06. The van der Waals surface area contributed by atoms with E-state index in [0.717, 1.165) is 12.8 Å². The number of nitrogens with one attached hydrogen (secondary N) is 1. The van der Waals surface area contributed by atoms with Crippen LogP contribution in [0.3, 0.4) is 0 Å². The van der Waals surface area contributed by atoms with Crippen LogP contribution in [0.1, 0.15) is 25.7 Å². The topological polar surface area (TPSA) is 91.6 Å². The monoisotopic (exact) mass is 364 g/mol. The van der Waals surface area contributed by atoms with E-state index in [4.69, 9.17) is 0 Å². The van der Waals surface area contributed by atoms with Gasteiger partial charge in [-0.2, -0.15) is 9.97 Å². The van der Waals surface area contributed by atoms with Crippen molar-refractivity contribution < 1.29 is 4.79 Å². The number of rotatable bonds is 6. The van der Waals surface area contributed by atoms with Gasteiger partial charge < -0.3 is 15.1 Å². The third-order valence-electron chi connectivity index (χ3n) is 4.07. The molecule has 1 amide bonds. The summed E-state index contributed by atoms with van der Waals surface area (Å²) in [5, 5.41) is 12.0. The molecule has 1 saturated carbocycles. The van der Waals surface area contributed by atoms with Crippen LogP contribution in [-0.2, 0) is 4.79 Å². The molecule has 0 atom stereocenters. The van der Waals surface area contributed by atoms with Gasteiger partial charge in [-0.1, -0.05) is 24.6 Å². The molecular formula is C15H24N8OS. The third-order valence-corrected chi connectivity index (χ3v) is 5.00. The number of hydrogen-bond acceptors (Lipinski definition) is 8. The molecule has 0 unspecified atom stereocenters. The van der Waals surface area contributed by atoms with Crippen molar-refractivity contribution in [2.75, 3.05) is 43.7 Å². The molecular weight excluding hydrogens is 340 g/mol. The lowest BCUT2D eigenvalue weighted by molar-refractivity contribution is -0.119. The number of amides is 1. The Hall–Kier alpha value is -2.10. The van der Waals surface area contributed by atoms with Crippen molar-refractivity contribution in [2.45, 2.75) is 36.9 Å². The fraction of sp³-hybridized carbons (Fsp3) is 0.667. The Bertz CT molecular complexity index is 753. The number of fused-ring (bicyclic) bond motifs is 1. The van der Waals surface area contributed by atoms with Gasteiger partial charge in [-0.25, -0.2) is 4.40 Å². The second-order valence-electron chi connectivity index (χ2n) is 6.57. The second-order valence-corrected chi connectivity index (χ2v) is 7.51. The predicted octanol–water partition coefficient (Wildman–Crippen LogP) is 0.802. The summed E-state index contributed by atoms with van der Waals surface area (Å²) in [5.41, 5.74) is 0. The van der Waals surface area contributed by atoms with Crippen molar-refractivity contribution in [1.82, 2.24) is 29.9 Å². The Balaban J connectivity index is 1.78. The zero-order chi connectivity index (χ0) is 18.0. The average Bonchev–Trinajstić information content (AvgIpc) is 3.21. The Morgan fingerprint density at radius 3 is 2.52 bits per heavy atom. The van der Waals surface area contributed by atoms with Crippen LogP contribution in [-0.4, -0.2) is 70.5 Å². The molecule has 1 aliphatic carbocycles. The van der Waals surface area contributed by atoms with Crippen molar-refractivity contribution >= 4 is 35.3 Å². The van der Waals surface area contributed by atoms with Gasteiger partial charge in [0.15, 0.2) is 5.16 Å². The lowest BCUT2D eigenvalue weighted by atomic mass is 10.2. The Kier molecular flexibility index (Phi) is 5.26. The number of hydrogen-bond donors (Lipinski definition) is 1. The van der Waals surface area contributed by atoms with E-state index in [1.54, 1.807) is 4.40 Å². The molecule has 0 aromatic carbocycles. The minimum Gasteiger partial charge on any atom is -0.353 e. The molecule has 2 heterocycles. The molecule has 0 saturated heterocycles. The molecule has 136 valence electrons. The van der Waals surface area contributed by atoms with E-state index < -0.39 is 0 Å². The van der Waals surface area contributed by atoms with E-state index in [1.165, 1.54) is 24.6 Å². The second kappa shape index (κ2) is 7.42. The zero-order valence-electron chi connectivity index (χ0n) is 15.1. The van der Waals surface area contributed by atoms with Crippen molar-refractivity contribution in [2.24, 2.45) is 0 Å². The van der Waals surface area contributed by atoms with E-state index in [1.807, 2.05) is 38.0 Å². The molecule has 10 heteroatoms. The Morgan fingerprint density at radius 2 is 1.88 bits per heavy atom. The maximum Gasteiger partial charge on any atom is 0.261 e. The summed E-state index contributed by atoms with van der Waals surface area (Å²) in [4.78, 5) is 24.8. The van der Waals surface area contributed by atoms with Crippen LogP contribution in [0.25, 0.3) is 5.78 Å². The number of thioether (sulfide) groups is 1. The summed E-state index contributed by atoms with van der Waals surface area (Å²) in [6.45, 7) is 0. The molecule has 0 spiro atoms. The summed E-state index contributed by atoms with van der Waals surface area (Å²) in [6.07, 6.45) is 4.56. The van der Waals surface area contributed by atoms with Crippen LogP contribution in [0.5, 0.6) is 0 Å². The lowest BCUT2D eigenvalue weighted by Crippen LogP contribution is -2.33. The van der Waals surface area contributed by atoms with E-state index in [-0.39, 0.29) is 5.91 Å². The Labute approximate surface area is 151 Å². The molecule has 2 aromatic rings. The molecule has 1 N–H and O–H groups in total. The van der Waals surface area contributed by atoms with Gasteiger partial charge in [0, 0.05) is 34.2 Å². The van der Waals surface area contributed by atoms with Gasteiger partial charge in [-0.05, 0) is 12.8 Å². The highest BCUT2D eigenvalue weighted by Gasteiger charge is 2.20. The molecule has 2 aromatic heterocycles. The van der Waals surface area contributed by atoms with E-state index in [0.29, 0.717) is 34.6 Å². The fourth-order valence-electron chi connectivity index (χ4n) is 2.83. The average molecular weight is 364 g/mol. The molecule has 9 nitrogen and oxygen atoms in total. The minimum atomic E-state index is 0.0332. The normalized spacial score (nSPS) is 14.9. The third kappa shape index (κ3) is 3.94. The Morgan fingerprint density at radius 1 is 1.16 bits per heavy atom. The summed E-state index contributed by atoms with van der Waals surface area (Å²) < 4.78 is 1.78. The highest BCUT2D eigenvalue weighted by Crippen LogP contribution is 2.23. The molecule has 3 rings (SSSR count). The summed E-state index contributed by atoms with van der Waals surface area (Å²) in [6, 6.07) is 0.326. The minimum absolute atomic E-state index is 0.0332. The number of anilines is 2. The van der Waals surface area contributed by atoms with Gasteiger partial charge in [-0.15, -0.1) is 10.2 Å². The maximum absolute atomic E-state index is 12.2. The smallest absolute Gasteiger partial charge is 0.261 e. The van der Waals surface area contributed by atoms with Gasteiger partial charge in [-0.3, -0.25) is 4.79 Å². The van der Waals surface area contributed by atoms with Gasteiger partial charge in [0.05, 0.1) is 5.75 Å². The SMILES string of the molecule is CN(C)c1nc(N(C)C)n2c(SCC(=O)NC3CCCC3)nnc2n1. The fourth-order valence-corrected chi connectivity index (χ4v) is 3.56. The van der Waals surface area contributed by atoms with Crippen molar-refractivity contribution in [3.05, 3.63) is 0 Å².